The van der Waals surface area contributed by atoms with Gasteiger partial charge in [0.15, 0.2) is 0 Å². The number of piperidine rings is 1. The zero-order valence-corrected chi connectivity index (χ0v) is 17.3. The van der Waals surface area contributed by atoms with Gasteiger partial charge in [0.05, 0.1) is 12.6 Å². The van der Waals surface area contributed by atoms with Crippen LogP contribution in [0.1, 0.15) is 32.3 Å². The minimum absolute atomic E-state index is 0.0591. The van der Waals surface area contributed by atoms with E-state index in [1.165, 1.54) is 0 Å². The van der Waals surface area contributed by atoms with Crippen molar-refractivity contribution in [1.82, 2.24) is 20.0 Å². The van der Waals surface area contributed by atoms with Crippen LogP contribution in [0.15, 0.2) is 30.3 Å². The Labute approximate surface area is 168 Å². The third-order valence-corrected chi connectivity index (χ3v) is 6.11. The molecule has 1 unspecified atom stereocenters. The summed E-state index contributed by atoms with van der Waals surface area (Å²) >= 11 is 0. The predicted molar refractivity (Wildman–Crippen MR) is 111 cm³/mol. The van der Waals surface area contributed by atoms with Gasteiger partial charge in [0.1, 0.15) is 0 Å². The summed E-state index contributed by atoms with van der Waals surface area (Å²) in [6.45, 7) is 10.4. The van der Waals surface area contributed by atoms with E-state index >= 15 is 0 Å². The molecule has 6 heteroatoms. The molecule has 1 aromatic carbocycles. The third-order valence-electron chi connectivity index (χ3n) is 6.11. The molecule has 2 saturated heterocycles. The Morgan fingerprint density at radius 2 is 1.68 bits per heavy atom. The number of benzene rings is 1. The monoisotopic (exact) mass is 386 g/mol. The second kappa shape index (κ2) is 10.0. The van der Waals surface area contributed by atoms with Crippen molar-refractivity contribution >= 4 is 11.8 Å². The van der Waals surface area contributed by atoms with E-state index in [-0.39, 0.29) is 17.9 Å². The van der Waals surface area contributed by atoms with Crippen molar-refractivity contribution in [2.75, 3.05) is 45.8 Å². The molecule has 2 amide bonds. The SMILES string of the molecule is CC1CCN(C(=O)C(C)N2CCN(CC(=O)NCc3ccccc3)CC2)CC1. The minimum Gasteiger partial charge on any atom is -0.351 e. The lowest BCUT2D eigenvalue weighted by atomic mass is 9.98. The van der Waals surface area contributed by atoms with E-state index in [2.05, 4.69) is 22.0 Å². The number of nitrogens with one attached hydrogen (secondary N) is 1. The molecule has 0 aliphatic carbocycles. The summed E-state index contributed by atoms with van der Waals surface area (Å²) in [4.78, 5) is 31.5. The van der Waals surface area contributed by atoms with Crippen molar-refractivity contribution < 1.29 is 9.59 Å². The summed E-state index contributed by atoms with van der Waals surface area (Å²) in [5.74, 6) is 1.06. The highest BCUT2D eigenvalue weighted by atomic mass is 16.2. The van der Waals surface area contributed by atoms with E-state index in [0.29, 0.717) is 13.1 Å². The topological polar surface area (TPSA) is 55.9 Å². The van der Waals surface area contributed by atoms with Gasteiger partial charge >= 0.3 is 0 Å². The van der Waals surface area contributed by atoms with Crippen molar-refractivity contribution in [2.24, 2.45) is 5.92 Å². The van der Waals surface area contributed by atoms with Crippen LogP contribution in [0.2, 0.25) is 0 Å². The standard InChI is InChI=1S/C22H34N4O2/c1-18-8-10-26(11-9-18)22(28)19(2)25-14-12-24(13-15-25)17-21(27)23-16-20-6-4-3-5-7-20/h3-7,18-19H,8-17H2,1-2H3,(H,23,27). The van der Waals surface area contributed by atoms with Gasteiger partial charge in [-0.25, -0.2) is 0 Å². The normalized spacial score (nSPS) is 20.7. The summed E-state index contributed by atoms with van der Waals surface area (Å²) < 4.78 is 0. The van der Waals surface area contributed by atoms with Crippen LogP contribution in [0, 0.1) is 5.92 Å². The Morgan fingerprint density at radius 3 is 2.32 bits per heavy atom. The zero-order valence-electron chi connectivity index (χ0n) is 17.3. The first-order chi connectivity index (χ1) is 13.5. The van der Waals surface area contributed by atoms with E-state index < -0.39 is 0 Å². The molecule has 6 nitrogen and oxygen atoms in total. The lowest BCUT2D eigenvalue weighted by molar-refractivity contribution is -0.138. The fraction of sp³-hybridized carbons (Fsp3) is 0.636. The zero-order chi connectivity index (χ0) is 19.9. The lowest BCUT2D eigenvalue weighted by Crippen LogP contribution is -2.56. The fourth-order valence-corrected chi connectivity index (χ4v) is 4.01. The van der Waals surface area contributed by atoms with Crippen LogP contribution in [0.5, 0.6) is 0 Å². The smallest absolute Gasteiger partial charge is 0.239 e. The Hall–Kier alpha value is -1.92. The summed E-state index contributed by atoms with van der Waals surface area (Å²) in [6, 6.07) is 9.90. The molecule has 1 atom stereocenters. The molecular weight excluding hydrogens is 352 g/mol. The lowest BCUT2D eigenvalue weighted by Gasteiger charge is -2.40. The van der Waals surface area contributed by atoms with Crippen LogP contribution >= 0.6 is 0 Å². The molecule has 0 aromatic heterocycles. The molecule has 0 radical (unpaired) electrons. The minimum atomic E-state index is -0.0672. The van der Waals surface area contributed by atoms with Crippen molar-refractivity contribution in [3.63, 3.8) is 0 Å². The van der Waals surface area contributed by atoms with Gasteiger partial charge in [-0.05, 0) is 31.2 Å². The first-order valence-corrected chi connectivity index (χ1v) is 10.6. The quantitative estimate of drug-likeness (QED) is 0.806. The van der Waals surface area contributed by atoms with E-state index in [0.717, 1.165) is 63.6 Å². The molecular formula is C22H34N4O2. The maximum atomic E-state index is 12.8. The Balaban J connectivity index is 1.37. The van der Waals surface area contributed by atoms with Crippen LogP contribution in [-0.2, 0) is 16.1 Å². The van der Waals surface area contributed by atoms with Crippen LogP contribution in [0.3, 0.4) is 0 Å². The molecule has 0 saturated carbocycles. The second-order valence-corrected chi connectivity index (χ2v) is 8.26. The van der Waals surface area contributed by atoms with E-state index in [4.69, 9.17) is 0 Å². The van der Waals surface area contributed by atoms with Gasteiger partial charge in [0, 0.05) is 45.8 Å². The highest BCUT2D eigenvalue weighted by molar-refractivity contribution is 5.81. The second-order valence-electron chi connectivity index (χ2n) is 8.26. The molecule has 2 heterocycles. The van der Waals surface area contributed by atoms with Crippen molar-refractivity contribution in [3.05, 3.63) is 35.9 Å². The van der Waals surface area contributed by atoms with Gasteiger partial charge in [-0.3, -0.25) is 19.4 Å². The average Bonchev–Trinajstić information content (AvgIpc) is 2.73. The Kier molecular flexibility index (Phi) is 7.45. The molecule has 1 N–H and O–H groups in total. The Morgan fingerprint density at radius 1 is 1.04 bits per heavy atom. The van der Waals surface area contributed by atoms with Crippen molar-refractivity contribution in [1.29, 1.82) is 0 Å². The Bertz CT molecular complexity index is 635. The van der Waals surface area contributed by atoms with E-state index in [1.807, 2.05) is 42.2 Å². The van der Waals surface area contributed by atoms with Gasteiger partial charge in [-0.2, -0.15) is 0 Å². The number of likely N-dealkylation sites (tertiary alicyclic amines) is 1. The predicted octanol–water partition coefficient (Wildman–Crippen LogP) is 1.57. The fourth-order valence-electron chi connectivity index (χ4n) is 4.01. The van der Waals surface area contributed by atoms with Crippen molar-refractivity contribution in [2.45, 2.75) is 39.3 Å². The maximum absolute atomic E-state index is 12.8. The number of rotatable bonds is 6. The average molecular weight is 387 g/mol. The molecule has 2 fully saturated rings. The van der Waals surface area contributed by atoms with E-state index in [9.17, 15) is 9.59 Å². The molecule has 154 valence electrons. The summed E-state index contributed by atoms with van der Waals surface area (Å²) in [6.07, 6.45) is 2.23. The first kappa shape index (κ1) is 20.8. The van der Waals surface area contributed by atoms with Crippen molar-refractivity contribution in [3.8, 4) is 0 Å². The third kappa shape index (κ3) is 5.79. The number of nitrogens with zero attached hydrogens (tertiary/aromatic N) is 3. The molecule has 3 rings (SSSR count). The maximum Gasteiger partial charge on any atom is 0.239 e. The van der Waals surface area contributed by atoms with Gasteiger partial charge in [0.25, 0.3) is 0 Å². The molecule has 1 aromatic rings. The van der Waals surface area contributed by atoms with Crippen LogP contribution in [0.25, 0.3) is 0 Å². The number of hydrogen-bond acceptors (Lipinski definition) is 4. The van der Waals surface area contributed by atoms with Crippen LogP contribution in [-0.4, -0.2) is 78.4 Å². The first-order valence-electron chi connectivity index (χ1n) is 10.6. The number of piperazine rings is 1. The van der Waals surface area contributed by atoms with Gasteiger partial charge in [0.2, 0.25) is 11.8 Å². The van der Waals surface area contributed by atoms with Crippen LogP contribution < -0.4 is 5.32 Å². The van der Waals surface area contributed by atoms with Gasteiger partial charge in [-0.15, -0.1) is 0 Å². The summed E-state index contributed by atoms with van der Waals surface area (Å²) in [5, 5.41) is 2.99. The van der Waals surface area contributed by atoms with E-state index in [1.54, 1.807) is 0 Å². The number of amides is 2. The molecule has 0 bridgehead atoms. The molecule has 2 aliphatic heterocycles. The van der Waals surface area contributed by atoms with Gasteiger partial charge in [-0.1, -0.05) is 37.3 Å². The van der Waals surface area contributed by atoms with Crippen LogP contribution in [0.4, 0.5) is 0 Å². The molecule has 0 spiro atoms. The number of hydrogen-bond donors (Lipinski definition) is 1. The number of carbonyl (C=O) groups excluding carboxylic acids is 2. The highest BCUT2D eigenvalue weighted by Crippen LogP contribution is 2.18. The molecule has 28 heavy (non-hydrogen) atoms. The summed E-state index contributed by atoms with van der Waals surface area (Å²) in [7, 11) is 0. The largest absolute Gasteiger partial charge is 0.351 e. The van der Waals surface area contributed by atoms with Gasteiger partial charge < -0.3 is 10.2 Å². The number of carbonyl (C=O) groups is 2. The highest BCUT2D eigenvalue weighted by Gasteiger charge is 2.30. The molecule has 2 aliphatic rings. The summed E-state index contributed by atoms with van der Waals surface area (Å²) in [5.41, 5.74) is 1.11.